The first-order valence-electron chi connectivity index (χ1n) is 8.11. The molecule has 1 heterocycles. The minimum atomic E-state index is -0.109. The van der Waals surface area contributed by atoms with Crippen LogP contribution in [0.1, 0.15) is 15.2 Å². The number of thiophene rings is 1. The highest BCUT2D eigenvalue weighted by atomic mass is 35.5. The highest BCUT2D eigenvalue weighted by Gasteiger charge is 2.20. The zero-order valence-electron chi connectivity index (χ0n) is 14.1. The number of ether oxygens (including phenoxy) is 1. The van der Waals surface area contributed by atoms with Gasteiger partial charge >= 0.3 is 0 Å². The Labute approximate surface area is 162 Å². The van der Waals surface area contributed by atoms with Crippen molar-refractivity contribution in [1.29, 1.82) is 0 Å². The summed E-state index contributed by atoms with van der Waals surface area (Å²) in [6.45, 7) is 4.52. The molecule has 0 bridgehead atoms. The van der Waals surface area contributed by atoms with Crippen LogP contribution >= 0.6 is 22.9 Å². The van der Waals surface area contributed by atoms with Gasteiger partial charge in [-0.25, -0.2) is 0 Å². The number of halogens is 1. The first-order chi connectivity index (χ1) is 12.7. The molecular weight excluding hydrogens is 366 g/mol. The van der Waals surface area contributed by atoms with Gasteiger partial charge in [0, 0.05) is 10.4 Å². The Kier molecular flexibility index (Phi) is 6.10. The highest BCUT2D eigenvalue weighted by Crippen LogP contribution is 2.29. The first-order valence-corrected chi connectivity index (χ1v) is 9.37. The van der Waals surface area contributed by atoms with Crippen molar-refractivity contribution in [1.82, 2.24) is 0 Å². The highest BCUT2D eigenvalue weighted by molar-refractivity contribution is 7.09. The van der Waals surface area contributed by atoms with Gasteiger partial charge < -0.3 is 9.64 Å². The van der Waals surface area contributed by atoms with E-state index in [4.69, 9.17) is 16.3 Å². The number of hydrogen-bond acceptors (Lipinski definition) is 3. The molecule has 3 aromatic rings. The second kappa shape index (κ2) is 8.70. The van der Waals surface area contributed by atoms with Crippen LogP contribution in [0.25, 0.3) is 0 Å². The minimum Gasteiger partial charge on any atom is -0.490 e. The lowest BCUT2D eigenvalue weighted by Crippen LogP contribution is -2.30. The third-order valence-electron chi connectivity index (χ3n) is 3.75. The van der Waals surface area contributed by atoms with Crippen molar-refractivity contribution in [2.24, 2.45) is 0 Å². The zero-order chi connectivity index (χ0) is 18.4. The number of para-hydroxylation sites is 1. The van der Waals surface area contributed by atoms with Gasteiger partial charge in [-0.05, 0) is 47.8 Å². The van der Waals surface area contributed by atoms with E-state index in [-0.39, 0.29) is 5.91 Å². The van der Waals surface area contributed by atoms with Crippen LogP contribution in [-0.2, 0) is 6.54 Å². The fraction of sp³-hybridized carbons (Fsp3) is 0.0952. The summed E-state index contributed by atoms with van der Waals surface area (Å²) in [4.78, 5) is 16.0. The maximum Gasteiger partial charge on any atom is 0.258 e. The van der Waals surface area contributed by atoms with Crippen molar-refractivity contribution in [2.75, 3.05) is 11.5 Å². The summed E-state index contributed by atoms with van der Waals surface area (Å²) in [5.74, 6) is 0.589. The molecule has 0 fully saturated rings. The van der Waals surface area contributed by atoms with Gasteiger partial charge in [0.25, 0.3) is 5.91 Å². The summed E-state index contributed by atoms with van der Waals surface area (Å²) in [5, 5.41) is 2.54. The van der Waals surface area contributed by atoms with Gasteiger partial charge in [-0.2, -0.15) is 0 Å². The Morgan fingerprint density at radius 1 is 1.12 bits per heavy atom. The van der Waals surface area contributed by atoms with Crippen LogP contribution in [0, 0.1) is 0 Å². The summed E-state index contributed by atoms with van der Waals surface area (Å²) < 4.78 is 5.48. The molecule has 0 saturated carbocycles. The molecule has 0 aliphatic heterocycles. The minimum absolute atomic E-state index is 0.109. The Hall–Kier alpha value is -2.56. The van der Waals surface area contributed by atoms with Gasteiger partial charge in [0.15, 0.2) is 0 Å². The number of hydrogen-bond donors (Lipinski definition) is 0. The summed E-state index contributed by atoms with van der Waals surface area (Å²) in [6.07, 6.45) is 1.68. The molecule has 3 rings (SSSR count). The molecule has 0 N–H and O–H groups in total. The van der Waals surface area contributed by atoms with Crippen LogP contribution in [0.5, 0.6) is 5.75 Å². The number of nitrogens with zero attached hydrogens (tertiary/aromatic N) is 1. The lowest BCUT2D eigenvalue weighted by atomic mass is 10.1. The standard InChI is InChI=1S/C21H18ClNO2S/c1-2-13-25-17-11-9-16(10-12-17)21(24)23(15-18-6-5-14-26-18)20-8-4-3-7-19(20)22/h2-12,14H,1,13,15H2. The van der Waals surface area contributed by atoms with Gasteiger partial charge in [-0.15, -0.1) is 11.3 Å². The van der Waals surface area contributed by atoms with Crippen LogP contribution in [0.15, 0.2) is 78.7 Å². The van der Waals surface area contributed by atoms with Crippen LogP contribution in [-0.4, -0.2) is 12.5 Å². The molecule has 0 radical (unpaired) electrons. The smallest absolute Gasteiger partial charge is 0.258 e. The van der Waals surface area contributed by atoms with Gasteiger partial charge in [0.2, 0.25) is 0 Å². The van der Waals surface area contributed by atoms with Gasteiger partial charge in [-0.3, -0.25) is 4.79 Å². The van der Waals surface area contributed by atoms with Gasteiger partial charge in [0.05, 0.1) is 17.3 Å². The van der Waals surface area contributed by atoms with Crippen molar-refractivity contribution < 1.29 is 9.53 Å². The second-order valence-corrected chi connectivity index (χ2v) is 6.99. The molecule has 2 aromatic carbocycles. The number of carbonyl (C=O) groups excluding carboxylic acids is 1. The lowest BCUT2D eigenvalue weighted by molar-refractivity contribution is 0.0985. The van der Waals surface area contributed by atoms with Gasteiger partial charge in [0.1, 0.15) is 12.4 Å². The molecule has 0 spiro atoms. The number of carbonyl (C=O) groups is 1. The molecule has 0 aliphatic carbocycles. The fourth-order valence-corrected chi connectivity index (χ4v) is 3.43. The largest absolute Gasteiger partial charge is 0.490 e. The molecule has 1 amide bonds. The van der Waals surface area contributed by atoms with E-state index in [0.717, 1.165) is 4.88 Å². The van der Waals surface area contributed by atoms with Crippen LogP contribution in [0.2, 0.25) is 5.02 Å². The fourth-order valence-electron chi connectivity index (χ4n) is 2.50. The van der Waals surface area contributed by atoms with Crippen molar-refractivity contribution in [2.45, 2.75) is 6.54 Å². The van der Waals surface area contributed by atoms with E-state index >= 15 is 0 Å². The van der Waals surface area contributed by atoms with Crippen molar-refractivity contribution in [3.8, 4) is 5.75 Å². The maximum atomic E-state index is 13.2. The Bertz CT molecular complexity index is 875. The van der Waals surface area contributed by atoms with E-state index in [9.17, 15) is 4.79 Å². The van der Waals surface area contributed by atoms with Crippen molar-refractivity contribution in [3.05, 3.63) is 94.2 Å². The van der Waals surface area contributed by atoms with Crippen LogP contribution in [0.3, 0.4) is 0 Å². The van der Waals surface area contributed by atoms with E-state index in [1.165, 1.54) is 0 Å². The Morgan fingerprint density at radius 3 is 2.54 bits per heavy atom. The molecule has 3 nitrogen and oxygen atoms in total. The molecular formula is C21H18ClNO2S. The SMILES string of the molecule is C=CCOc1ccc(C(=O)N(Cc2cccs2)c2ccccc2Cl)cc1. The summed E-state index contributed by atoms with van der Waals surface area (Å²) in [7, 11) is 0. The average Bonchev–Trinajstić information content (AvgIpc) is 3.18. The molecule has 0 atom stereocenters. The molecule has 0 unspecified atom stereocenters. The van der Waals surface area contributed by atoms with E-state index in [2.05, 4.69) is 6.58 Å². The average molecular weight is 384 g/mol. The Morgan fingerprint density at radius 2 is 1.88 bits per heavy atom. The number of benzene rings is 2. The second-order valence-electron chi connectivity index (χ2n) is 5.55. The van der Waals surface area contributed by atoms with E-state index < -0.39 is 0 Å². The number of rotatable bonds is 7. The quantitative estimate of drug-likeness (QED) is 0.481. The predicted octanol–water partition coefficient (Wildman–Crippen LogP) is 5.81. The molecule has 132 valence electrons. The summed E-state index contributed by atoms with van der Waals surface area (Å²) in [5.41, 5.74) is 1.27. The monoisotopic (exact) mass is 383 g/mol. The Balaban J connectivity index is 1.89. The van der Waals surface area contributed by atoms with Crippen molar-refractivity contribution in [3.63, 3.8) is 0 Å². The predicted molar refractivity (Wildman–Crippen MR) is 108 cm³/mol. The lowest BCUT2D eigenvalue weighted by Gasteiger charge is -2.23. The van der Waals surface area contributed by atoms with E-state index in [1.54, 1.807) is 52.6 Å². The third kappa shape index (κ3) is 4.34. The van der Waals surface area contributed by atoms with Gasteiger partial charge in [-0.1, -0.05) is 42.5 Å². The number of anilines is 1. The molecule has 0 aliphatic rings. The topological polar surface area (TPSA) is 29.5 Å². The summed E-state index contributed by atoms with van der Waals surface area (Å²) in [6, 6.07) is 18.5. The zero-order valence-corrected chi connectivity index (χ0v) is 15.7. The van der Waals surface area contributed by atoms with Crippen molar-refractivity contribution >= 4 is 34.5 Å². The first kappa shape index (κ1) is 18.2. The van der Waals surface area contributed by atoms with Crippen LogP contribution < -0.4 is 9.64 Å². The maximum absolute atomic E-state index is 13.2. The molecule has 26 heavy (non-hydrogen) atoms. The van der Waals surface area contributed by atoms with E-state index in [0.29, 0.717) is 35.2 Å². The molecule has 5 heteroatoms. The van der Waals surface area contributed by atoms with E-state index in [1.807, 2.05) is 35.7 Å². The summed E-state index contributed by atoms with van der Waals surface area (Å²) >= 11 is 7.96. The molecule has 0 saturated heterocycles. The number of amides is 1. The van der Waals surface area contributed by atoms with Crippen LogP contribution in [0.4, 0.5) is 5.69 Å². The molecule has 1 aromatic heterocycles. The normalized spacial score (nSPS) is 10.3. The third-order valence-corrected chi connectivity index (χ3v) is 4.93.